The first kappa shape index (κ1) is 38.2. The molecule has 0 bridgehead atoms. The summed E-state index contributed by atoms with van der Waals surface area (Å²) in [7, 11) is 1.52. The average molecular weight is 658 g/mol. The summed E-state index contributed by atoms with van der Waals surface area (Å²) in [5.74, 6) is -0.816. The summed E-state index contributed by atoms with van der Waals surface area (Å²) >= 11 is 0. The molecule has 2 heterocycles. The first-order valence-corrected chi connectivity index (χ1v) is 15.0. The van der Waals surface area contributed by atoms with Crippen molar-refractivity contribution in [1.29, 1.82) is 0 Å². The Labute approximate surface area is 260 Å². The Balaban J connectivity index is 1.81. The quantitative estimate of drug-likeness (QED) is 0.0824. The lowest BCUT2D eigenvalue weighted by molar-refractivity contribution is -0.331. The highest BCUT2D eigenvalue weighted by Gasteiger charge is 2.53. The normalized spacial score (nSPS) is 43.9. The molecule has 19 heteroatoms. The number of amides is 1. The van der Waals surface area contributed by atoms with Crippen LogP contribution < -0.4 is 27.4 Å². The SMILES string of the molecule is CN[C@@H]1[C@@H](O)[C@@H](O[C@@H]2[C@@H](O)[C@H](O[C@H]3O[C@H](CNCC(O)CO)[C@@H](O)[C@H](O)[C@H]3O)[C@@H](N)C[C@H]2NC(=O)[C@@H](O)CCN)OC[C@]1(C)O. The highest BCUT2D eigenvalue weighted by atomic mass is 16.7. The molecule has 16 N–H and O–H groups in total. The summed E-state index contributed by atoms with van der Waals surface area (Å²) in [5.41, 5.74) is 10.3. The summed E-state index contributed by atoms with van der Waals surface area (Å²) in [6.45, 7) is 0.506. The van der Waals surface area contributed by atoms with Crippen LogP contribution in [0.3, 0.4) is 0 Å². The molecule has 3 fully saturated rings. The number of hydrogen-bond acceptors (Lipinski definition) is 18. The minimum absolute atomic E-state index is 0.0213. The maximum absolute atomic E-state index is 12.7. The maximum atomic E-state index is 12.7. The lowest BCUT2D eigenvalue weighted by Gasteiger charge is -2.49. The Morgan fingerprint density at radius 3 is 2.31 bits per heavy atom. The van der Waals surface area contributed by atoms with Gasteiger partial charge in [-0.3, -0.25) is 4.79 Å². The topological polar surface area (TPSA) is 324 Å². The summed E-state index contributed by atoms with van der Waals surface area (Å²) in [5, 5.41) is 101. The van der Waals surface area contributed by atoms with Crippen LogP contribution in [-0.2, 0) is 23.7 Å². The van der Waals surface area contributed by atoms with Crippen LogP contribution in [0.4, 0.5) is 0 Å². The molecule has 1 aliphatic carbocycles. The molecule has 0 aromatic heterocycles. The van der Waals surface area contributed by atoms with Crippen molar-refractivity contribution in [2.45, 2.75) is 117 Å². The van der Waals surface area contributed by atoms with E-state index in [0.717, 1.165) is 0 Å². The van der Waals surface area contributed by atoms with Crippen LogP contribution in [0.1, 0.15) is 19.8 Å². The van der Waals surface area contributed by atoms with Crippen LogP contribution in [0.2, 0.25) is 0 Å². The van der Waals surface area contributed by atoms with E-state index in [1.54, 1.807) is 0 Å². The van der Waals surface area contributed by atoms with Gasteiger partial charge in [0.1, 0.15) is 60.5 Å². The minimum atomic E-state index is -1.79. The fraction of sp³-hybridized carbons (Fsp3) is 0.962. The molecule has 2 aliphatic heterocycles. The molecule has 0 radical (unpaired) electrons. The molecule has 1 amide bonds. The molecule has 0 aromatic carbocycles. The molecule has 45 heavy (non-hydrogen) atoms. The van der Waals surface area contributed by atoms with Gasteiger partial charge in [-0.05, 0) is 33.4 Å². The van der Waals surface area contributed by atoms with Gasteiger partial charge in [-0.1, -0.05) is 0 Å². The van der Waals surface area contributed by atoms with E-state index < -0.39 is 110 Å². The molecular formula is C26H51N5O14. The minimum Gasteiger partial charge on any atom is -0.394 e. The largest absolute Gasteiger partial charge is 0.394 e. The Bertz CT molecular complexity index is 925. The van der Waals surface area contributed by atoms with Crippen molar-refractivity contribution >= 4 is 5.91 Å². The molecule has 264 valence electrons. The van der Waals surface area contributed by atoms with Gasteiger partial charge in [0.2, 0.25) is 5.91 Å². The van der Waals surface area contributed by atoms with E-state index >= 15 is 0 Å². The number of ether oxygens (including phenoxy) is 4. The number of aliphatic hydroxyl groups is 9. The van der Waals surface area contributed by atoms with Crippen LogP contribution in [0.25, 0.3) is 0 Å². The van der Waals surface area contributed by atoms with Crippen LogP contribution in [0.15, 0.2) is 0 Å². The van der Waals surface area contributed by atoms with Gasteiger partial charge >= 0.3 is 0 Å². The van der Waals surface area contributed by atoms with E-state index in [0.29, 0.717) is 0 Å². The second-order valence-corrected chi connectivity index (χ2v) is 12.1. The number of aliphatic hydroxyl groups excluding tert-OH is 8. The molecule has 1 unspecified atom stereocenters. The van der Waals surface area contributed by atoms with Crippen molar-refractivity contribution in [3.8, 4) is 0 Å². The number of hydrogen-bond donors (Lipinski definition) is 14. The average Bonchev–Trinajstić information content (AvgIpc) is 2.98. The van der Waals surface area contributed by atoms with Gasteiger partial charge in [0.05, 0.1) is 31.4 Å². The predicted molar refractivity (Wildman–Crippen MR) is 152 cm³/mol. The number of carbonyl (C=O) groups excluding carboxylic acids is 1. The molecule has 2 saturated heterocycles. The summed E-state index contributed by atoms with van der Waals surface area (Å²) in [4.78, 5) is 12.7. The number of likely N-dealkylation sites (N-methyl/N-ethyl adjacent to an activating group) is 1. The van der Waals surface area contributed by atoms with Gasteiger partial charge in [0.15, 0.2) is 12.6 Å². The third-order valence-electron chi connectivity index (χ3n) is 8.42. The number of nitrogens with one attached hydrogen (secondary N) is 3. The predicted octanol–water partition coefficient (Wildman–Crippen LogP) is -8.15. The Morgan fingerprint density at radius 2 is 1.69 bits per heavy atom. The number of nitrogens with two attached hydrogens (primary N) is 2. The zero-order valence-electron chi connectivity index (χ0n) is 25.3. The van der Waals surface area contributed by atoms with E-state index in [4.69, 9.17) is 35.5 Å². The fourth-order valence-corrected chi connectivity index (χ4v) is 5.84. The zero-order chi connectivity index (χ0) is 33.6. The van der Waals surface area contributed by atoms with Crippen molar-refractivity contribution in [2.75, 3.05) is 39.9 Å². The third kappa shape index (κ3) is 9.24. The molecule has 0 aromatic rings. The number of rotatable bonds is 14. The number of carbonyl (C=O) groups is 1. The zero-order valence-corrected chi connectivity index (χ0v) is 25.3. The summed E-state index contributed by atoms with van der Waals surface area (Å²) in [6, 6.07) is -3.01. The van der Waals surface area contributed by atoms with Crippen molar-refractivity contribution in [2.24, 2.45) is 11.5 Å². The molecule has 3 aliphatic rings. The Hall–Kier alpha value is -1.21. The van der Waals surface area contributed by atoms with Crippen molar-refractivity contribution in [3.05, 3.63) is 0 Å². The van der Waals surface area contributed by atoms with Gasteiger partial charge in [-0.2, -0.15) is 0 Å². The molecule has 1 saturated carbocycles. The Kier molecular flexibility index (Phi) is 14.2. The van der Waals surface area contributed by atoms with Gasteiger partial charge in [0, 0.05) is 19.1 Å². The van der Waals surface area contributed by atoms with Gasteiger partial charge in [-0.25, -0.2) is 0 Å². The van der Waals surface area contributed by atoms with Gasteiger partial charge < -0.3 is 92.3 Å². The second-order valence-electron chi connectivity index (χ2n) is 12.1. The molecule has 3 rings (SSSR count). The van der Waals surface area contributed by atoms with E-state index in [1.807, 2.05) is 0 Å². The van der Waals surface area contributed by atoms with E-state index in [-0.39, 0.29) is 39.1 Å². The van der Waals surface area contributed by atoms with E-state index in [2.05, 4.69) is 16.0 Å². The molecule has 0 spiro atoms. The summed E-state index contributed by atoms with van der Waals surface area (Å²) < 4.78 is 23.1. The van der Waals surface area contributed by atoms with Crippen molar-refractivity contribution in [3.63, 3.8) is 0 Å². The van der Waals surface area contributed by atoms with Crippen LogP contribution in [0, 0.1) is 0 Å². The first-order valence-electron chi connectivity index (χ1n) is 15.0. The highest BCUT2D eigenvalue weighted by Crippen LogP contribution is 2.32. The van der Waals surface area contributed by atoms with E-state index in [1.165, 1.54) is 14.0 Å². The lowest BCUT2D eigenvalue weighted by atomic mass is 9.83. The van der Waals surface area contributed by atoms with Crippen molar-refractivity contribution in [1.82, 2.24) is 16.0 Å². The lowest BCUT2D eigenvalue weighted by Crippen LogP contribution is -2.70. The highest BCUT2D eigenvalue weighted by molar-refractivity contribution is 5.80. The first-order chi connectivity index (χ1) is 21.2. The maximum Gasteiger partial charge on any atom is 0.249 e. The molecule has 19 nitrogen and oxygen atoms in total. The fourth-order valence-electron chi connectivity index (χ4n) is 5.84. The summed E-state index contributed by atoms with van der Waals surface area (Å²) in [6.07, 6.45) is -17.9. The smallest absolute Gasteiger partial charge is 0.249 e. The second kappa shape index (κ2) is 16.8. The van der Waals surface area contributed by atoms with Gasteiger partial charge in [0.25, 0.3) is 0 Å². The molecular weight excluding hydrogens is 606 g/mol. The van der Waals surface area contributed by atoms with E-state index in [9.17, 15) is 45.6 Å². The van der Waals surface area contributed by atoms with Crippen LogP contribution in [0.5, 0.6) is 0 Å². The Morgan fingerprint density at radius 1 is 1.02 bits per heavy atom. The third-order valence-corrected chi connectivity index (χ3v) is 8.42. The van der Waals surface area contributed by atoms with Crippen LogP contribution >= 0.6 is 0 Å². The van der Waals surface area contributed by atoms with Gasteiger partial charge in [-0.15, -0.1) is 0 Å². The van der Waals surface area contributed by atoms with Crippen molar-refractivity contribution < 1.29 is 69.7 Å². The molecule has 16 atom stereocenters. The monoisotopic (exact) mass is 657 g/mol. The van der Waals surface area contributed by atoms with Crippen LogP contribution in [-0.4, -0.2) is 189 Å². The standard InChI is InChI=1S/C26H51N5O14/c1-26(41)9-42-24(19(39)22(26)29-2)45-21-12(31-23(40)13(34)3-4-27)5-11(28)20(18(21)38)44-25-17(37)16(36)15(35)14(43-25)7-30-6-10(33)8-32/h10-22,24-25,29-30,32-39,41H,3-9,27-28H2,1-2H3,(H,31,40)/t10?,11-,12+,13-,14+,15+,16-,17+,18-,19+,20+,21-,22+,24+,25+,26-/m0/s1.